The van der Waals surface area contributed by atoms with Crippen molar-refractivity contribution in [1.29, 1.82) is 0 Å². The van der Waals surface area contributed by atoms with Gasteiger partial charge in [0.1, 0.15) is 11.6 Å². The molecule has 6 nitrogen and oxygen atoms in total. The van der Waals surface area contributed by atoms with Gasteiger partial charge in [-0.3, -0.25) is 0 Å². The Labute approximate surface area is 81.1 Å². The van der Waals surface area contributed by atoms with Gasteiger partial charge in [0.15, 0.2) is 15.5 Å². The molecule has 0 saturated carbocycles. The molecule has 0 aliphatic heterocycles. The van der Waals surface area contributed by atoms with E-state index in [0.717, 1.165) is 6.26 Å². The first kappa shape index (κ1) is 10.7. The van der Waals surface area contributed by atoms with E-state index >= 15 is 0 Å². The van der Waals surface area contributed by atoms with Crippen LogP contribution < -0.4 is 0 Å². The summed E-state index contributed by atoms with van der Waals surface area (Å²) in [6.45, 7) is 0. The largest absolute Gasteiger partial charge is 0.476 e. The van der Waals surface area contributed by atoms with Crippen LogP contribution in [0.25, 0.3) is 0 Å². The van der Waals surface area contributed by atoms with Gasteiger partial charge in [0, 0.05) is 19.5 Å². The number of hydrogen-bond acceptors (Lipinski definition) is 4. The lowest BCUT2D eigenvalue weighted by Crippen LogP contribution is -2.06. The van der Waals surface area contributed by atoms with Gasteiger partial charge in [-0.2, -0.15) is 0 Å². The van der Waals surface area contributed by atoms with E-state index in [0.29, 0.717) is 0 Å². The molecular weight excluding hydrogens is 208 g/mol. The van der Waals surface area contributed by atoms with Crippen molar-refractivity contribution in [2.24, 2.45) is 7.05 Å². The summed E-state index contributed by atoms with van der Waals surface area (Å²) in [4.78, 5) is 14.2. The van der Waals surface area contributed by atoms with Gasteiger partial charge >= 0.3 is 5.97 Å². The van der Waals surface area contributed by atoms with Gasteiger partial charge in [-0.15, -0.1) is 0 Å². The van der Waals surface area contributed by atoms with Crippen molar-refractivity contribution >= 4 is 15.8 Å². The van der Waals surface area contributed by atoms with E-state index in [1.165, 1.54) is 10.8 Å². The molecule has 0 aromatic carbocycles. The van der Waals surface area contributed by atoms with Crippen LogP contribution in [0.15, 0.2) is 6.20 Å². The van der Waals surface area contributed by atoms with Gasteiger partial charge in [0.25, 0.3) is 0 Å². The fourth-order valence-corrected chi connectivity index (χ4v) is 1.71. The third kappa shape index (κ3) is 2.56. The van der Waals surface area contributed by atoms with E-state index < -0.39 is 15.8 Å². The minimum atomic E-state index is -3.19. The first-order valence-electron chi connectivity index (χ1n) is 3.73. The second kappa shape index (κ2) is 3.41. The van der Waals surface area contributed by atoms with Crippen LogP contribution in [0.1, 0.15) is 16.3 Å². The number of carboxylic acid groups (broad SMARTS) is 1. The van der Waals surface area contributed by atoms with Crippen molar-refractivity contribution in [2.75, 3.05) is 6.26 Å². The molecule has 14 heavy (non-hydrogen) atoms. The monoisotopic (exact) mass is 218 g/mol. The molecule has 1 N–H and O–H groups in total. The van der Waals surface area contributed by atoms with E-state index in [4.69, 9.17) is 5.11 Å². The predicted octanol–water partition coefficient (Wildman–Crippen LogP) is -0.337. The predicted molar refractivity (Wildman–Crippen MR) is 48.7 cm³/mol. The molecule has 0 spiro atoms. The Bertz CT molecular complexity index is 460. The summed E-state index contributed by atoms with van der Waals surface area (Å²) in [6, 6.07) is 0. The van der Waals surface area contributed by atoms with E-state index in [1.807, 2.05) is 0 Å². The summed E-state index contributed by atoms with van der Waals surface area (Å²) in [5.74, 6) is -1.19. The van der Waals surface area contributed by atoms with Gasteiger partial charge < -0.3 is 9.67 Å². The van der Waals surface area contributed by atoms with Crippen LogP contribution in [0.2, 0.25) is 0 Å². The number of aromatic carboxylic acids is 1. The number of carboxylic acids is 1. The molecule has 0 saturated heterocycles. The van der Waals surface area contributed by atoms with Gasteiger partial charge in [-0.25, -0.2) is 18.2 Å². The van der Waals surface area contributed by atoms with E-state index in [2.05, 4.69) is 4.98 Å². The highest BCUT2D eigenvalue weighted by Crippen LogP contribution is 2.05. The molecule has 7 heteroatoms. The first-order chi connectivity index (χ1) is 6.29. The minimum absolute atomic E-state index is 0.147. The number of carbonyl (C=O) groups is 1. The molecular formula is C7H10N2O4S. The molecule has 1 heterocycles. The summed E-state index contributed by atoms with van der Waals surface area (Å²) in [5.41, 5.74) is -0.147. The molecule has 1 aromatic heterocycles. The molecule has 78 valence electrons. The van der Waals surface area contributed by atoms with Crippen molar-refractivity contribution < 1.29 is 18.3 Å². The Morgan fingerprint density at radius 2 is 2.21 bits per heavy atom. The first-order valence-corrected chi connectivity index (χ1v) is 5.79. The van der Waals surface area contributed by atoms with Crippen molar-refractivity contribution in [2.45, 2.75) is 5.75 Å². The Balaban J connectivity index is 3.05. The van der Waals surface area contributed by atoms with Crippen molar-refractivity contribution in [1.82, 2.24) is 9.55 Å². The van der Waals surface area contributed by atoms with Crippen molar-refractivity contribution in [3.63, 3.8) is 0 Å². The molecule has 0 aliphatic carbocycles. The van der Waals surface area contributed by atoms with E-state index in [1.54, 1.807) is 7.05 Å². The summed E-state index contributed by atoms with van der Waals surface area (Å²) in [6.07, 6.45) is 2.35. The fourth-order valence-electron chi connectivity index (χ4n) is 0.976. The Morgan fingerprint density at radius 1 is 1.64 bits per heavy atom. The van der Waals surface area contributed by atoms with Crippen LogP contribution >= 0.6 is 0 Å². The average Bonchev–Trinajstić information content (AvgIpc) is 2.29. The van der Waals surface area contributed by atoms with Crippen LogP contribution in [0, 0.1) is 0 Å². The number of imidazole rings is 1. The van der Waals surface area contributed by atoms with Gasteiger partial charge in [-0.05, 0) is 0 Å². The second-order valence-corrected chi connectivity index (χ2v) is 5.17. The highest BCUT2D eigenvalue weighted by atomic mass is 32.2. The Kier molecular flexibility index (Phi) is 2.61. The van der Waals surface area contributed by atoms with E-state index in [9.17, 15) is 13.2 Å². The lowest BCUT2D eigenvalue weighted by Gasteiger charge is -1.97. The number of nitrogens with zero attached hydrogens (tertiary/aromatic N) is 2. The molecule has 0 radical (unpaired) electrons. The zero-order chi connectivity index (χ0) is 10.9. The average molecular weight is 218 g/mol. The third-order valence-corrected chi connectivity index (χ3v) is 2.37. The number of hydrogen-bond donors (Lipinski definition) is 1. The fraction of sp³-hybridized carbons (Fsp3) is 0.429. The minimum Gasteiger partial charge on any atom is -0.476 e. The smallest absolute Gasteiger partial charge is 0.356 e. The van der Waals surface area contributed by atoms with Gasteiger partial charge in [0.05, 0.1) is 0 Å². The SMILES string of the molecule is Cn1cc(C(=O)O)nc1CS(C)(=O)=O. The molecule has 0 aliphatic rings. The molecule has 0 atom stereocenters. The molecule has 0 fully saturated rings. The topological polar surface area (TPSA) is 89.3 Å². The Morgan fingerprint density at radius 3 is 2.57 bits per heavy atom. The summed E-state index contributed by atoms with van der Waals surface area (Å²) >= 11 is 0. The molecule has 0 bridgehead atoms. The molecule has 1 aromatic rings. The lowest BCUT2D eigenvalue weighted by molar-refractivity contribution is 0.0691. The Hall–Kier alpha value is -1.37. The van der Waals surface area contributed by atoms with Crippen LogP contribution in [0.4, 0.5) is 0 Å². The maximum absolute atomic E-state index is 10.9. The maximum atomic E-state index is 10.9. The molecule has 0 unspecified atom stereocenters. The maximum Gasteiger partial charge on any atom is 0.356 e. The number of aromatic nitrogens is 2. The normalized spacial score (nSPS) is 11.6. The summed E-state index contributed by atoms with van der Waals surface area (Å²) < 4.78 is 23.3. The van der Waals surface area contributed by atoms with Crippen LogP contribution in [0.5, 0.6) is 0 Å². The summed E-state index contributed by atoms with van der Waals surface area (Å²) in [7, 11) is -1.63. The molecule has 1 rings (SSSR count). The van der Waals surface area contributed by atoms with Crippen molar-refractivity contribution in [3.8, 4) is 0 Å². The number of sulfone groups is 1. The quantitative estimate of drug-likeness (QED) is 0.749. The zero-order valence-electron chi connectivity index (χ0n) is 7.76. The van der Waals surface area contributed by atoms with Crippen molar-refractivity contribution in [3.05, 3.63) is 17.7 Å². The lowest BCUT2D eigenvalue weighted by atomic mass is 10.5. The molecule has 0 amide bonds. The number of rotatable bonds is 3. The standard InChI is InChI=1S/C7H10N2O4S/c1-9-3-5(7(10)11)8-6(9)4-14(2,12)13/h3H,4H2,1-2H3,(H,10,11). The van der Waals surface area contributed by atoms with Crippen LogP contribution in [-0.2, 0) is 22.6 Å². The summed E-state index contributed by atoms with van der Waals surface area (Å²) in [5, 5.41) is 8.60. The zero-order valence-corrected chi connectivity index (χ0v) is 8.58. The van der Waals surface area contributed by atoms with Crippen LogP contribution in [0.3, 0.4) is 0 Å². The second-order valence-electron chi connectivity index (χ2n) is 3.03. The van der Waals surface area contributed by atoms with Gasteiger partial charge in [0.2, 0.25) is 0 Å². The third-order valence-electron chi connectivity index (χ3n) is 1.58. The number of aryl methyl sites for hydroxylation is 1. The highest BCUT2D eigenvalue weighted by molar-refractivity contribution is 7.89. The van der Waals surface area contributed by atoms with E-state index in [-0.39, 0.29) is 17.3 Å². The highest BCUT2D eigenvalue weighted by Gasteiger charge is 2.14. The van der Waals surface area contributed by atoms with Gasteiger partial charge in [-0.1, -0.05) is 0 Å². The van der Waals surface area contributed by atoms with Crippen LogP contribution in [-0.4, -0.2) is 35.3 Å².